The van der Waals surface area contributed by atoms with Gasteiger partial charge in [-0.1, -0.05) is 48.9 Å². The Morgan fingerprint density at radius 1 is 1.16 bits per heavy atom. The Hall–Kier alpha value is -2.68. The van der Waals surface area contributed by atoms with Crippen LogP contribution in [0.5, 0.6) is 0 Å². The Balaban J connectivity index is 2.10. The van der Waals surface area contributed by atoms with Crippen molar-refractivity contribution in [1.29, 1.82) is 0 Å². The Bertz CT molecular complexity index is 1200. The molecule has 164 valence electrons. The lowest BCUT2D eigenvalue weighted by Crippen LogP contribution is -2.27. The average molecular weight is 462 g/mol. The number of carboxylic acids is 1. The minimum atomic E-state index is -3.65. The van der Waals surface area contributed by atoms with Crippen molar-refractivity contribution in [3.8, 4) is 11.3 Å². The van der Waals surface area contributed by atoms with E-state index in [1.54, 1.807) is 67.1 Å². The van der Waals surface area contributed by atoms with E-state index in [4.69, 9.17) is 11.6 Å². The number of aliphatic carboxylic acids is 1. The molecule has 0 atom stereocenters. The normalized spacial score (nSPS) is 11.8. The van der Waals surface area contributed by atoms with Crippen molar-refractivity contribution in [2.75, 3.05) is 13.6 Å². The maximum Gasteiger partial charge on any atom is 0.307 e. The van der Waals surface area contributed by atoms with Gasteiger partial charge in [-0.2, -0.15) is 5.10 Å². The number of halogens is 1. The van der Waals surface area contributed by atoms with E-state index in [2.05, 4.69) is 5.10 Å². The van der Waals surface area contributed by atoms with Crippen molar-refractivity contribution in [2.45, 2.75) is 31.7 Å². The quantitative estimate of drug-likeness (QED) is 0.550. The topological polar surface area (TPSA) is 92.5 Å². The van der Waals surface area contributed by atoms with Gasteiger partial charge >= 0.3 is 5.97 Å². The molecule has 0 unspecified atom stereocenters. The van der Waals surface area contributed by atoms with Crippen LogP contribution in [0.2, 0.25) is 5.02 Å². The number of aromatic nitrogens is 2. The zero-order valence-electron chi connectivity index (χ0n) is 17.5. The number of sulfonamides is 1. The van der Waals surface area contributed by atoms with Crippen LogP contribution in [0, 0.1) is 6.92 Å². The Labute approximate surface area is 186 Å². The molecule has 0 aliphatic rings. The van der Waals surface area contributed by atoms with E-state index in [-0.39, 0.29) is 17.9 Å². The Kier molecular flexibility index (Phi) is 6.83. The molecule has 7 nitrogen and oxygen atoms in total. The van der Waals surface area contributed by atoms with E-state index in [0.717, 1.165) is 5.56 Å². The van der Waals surface area contributed by atoms with Crippen LogP contribution >= 0.6 is 11.6 Å². The van der Waals surface area contributed by atoms with E-state index in [0.29, 0.717) is 34.1 Å². The van der Waals surface area contributed by atoms with E-state index in [9.17, 15) is 18.3 Å². The summed E-state index contributed by atoms with van der Waals surface area (Å²) in [4.78, 5) is 11.7. The highest BCUT2D eigenvalue weighted by Crippen LogP contribution is 2.28. The SMILES string of the molecule is CCN(C)S(=O)(=O)c1ccccc1Cn1nc(-c2ccc(Cl)cc2)c(CC(=O)O)c1C. The van der Waals surface area contributed by atoms with Gasteiger partial charge in [0.25, 0.3) is 0 Å². The first-order valence-corrected chi connectivity index (χ1v) is 11.5. The molecule has 0 aliphatic heterocycles. The molecule has 3 aromatic rings. The number of carbonyl (C=O) groups is 1. The second kappa shape index (κ2) is 9.21. The highest BCUT2D eigenvalue weighted by atomic mass is 35.5. The molecule has 0 amide bonds. The summed E-state index contributed by atoms with van der Waals surface area (Å²) in [6.45, 7) is 4.11. The molecule has 0 saturated heterocycles. The standard InChI is InChI=1S/C22H24ClN3O4S/c1-4-25(3)31(29,30)20-8-6-5-7-17(20)14-26-15(2)19(13-21(27)28)22(24-26)16-9-11-18(23)12-10-16/h5-12H,4,13-14H2,1-3H3,(H,27,28). The number of carboxylic acid groups (broad SMARTS) is 1. The van der Waals surface area contributed by atoms with Crippen molar-refractivity contribution < 1.29 is 18.3 Å². The van der Waals surface area contributed by atoms with Crippen LogP contribution in [0.3, 0.4) is 0 Å². The van der Waals surface area contributed by atoms with Gasteiger partial charge in [-0.05, 0) is 30.7 Å². The number of hydrogen-bond acceptors (Lipinski definition) is 4. The monoisotopic (exact) mass is 461 g/mol. The van der Waals surface area contributed by atoms with E-state index in [1.165, 1.54) is 11.4 Å². The van der Waals surface area contributed by atoms with Gasteiger partial charge in [-0.3, -0.25) is 9.48 Å². The molecular weight excluding hydrogens is 438 g/mol. The summed E-state index contributed by atoms with van der Waals surface area (Å²) >= 11 is 5.98. The third-order valence-electron chi connectivity index (χ3n) is 5.20. The van der Waals surface area contributed by atoms with Gasteiger partial charge in [0.15, 0.2) is 0 Å². The van der Waals surface area contributed by atoms with Gasteiger partial charge < -0.3 is 5.11 Å². The highest BCUT2D eigenvalue weighted by Gasteiger charge is 2.24. The van der Waals surface area contributed by atoms with Crippen LogP contribution in [-0.2, 0) is 27.8 Å². The molecule has 2 aromatic carbocycles. The predicted molar refractivity (Wildman–Crippen MR) is 120 cm³/mol. The van der Waals surface area contributed by atoms with Crippen molar-refractivity contribution >= 4 is 27.6 Å². The maximum absolute atomic E-state index is 12.9. The molecule has 3 rings (SSSR count). The molecule has 0 fully saturated rings. The van der Waals surface area contributed by atoms with Crippen molar-refractivity contribution in [3.63, 3.8) is 0 Å². The summed E-state index contributed by atoms with van der Waals surface area (Å²) in [6, 6.07) is 13.8. The molecule has 0 aliphatic carbocycles. The molecule has 0 radical (unpaired) electrons. The molecule has 1 N–H and O–H groups in total. The van der Waals surface area contributed by atoms with Crippen LogP contribution in [0.1, 0.15) is 23.7 Å². The minimum absolute atomic E-state index is 0.192. The van der Waals surface area contributed by atoms with E-state index < -0.39 is 16.0 Å². The number of rotatable bonds is 8. The second-order valence-electron chi connectivity index (χ2n) is 7.17. The Morgan fingerprint density at radius 2 is 1.81 bits per heavy atom. The first kappa shape index (κ1) is 23.0. The fourth-order valence-electron chi connectivity index (χ4n) is 3.33. The van der Waals surface area contributed by atoms with Crippen LogP contribution in [0.15, 0.2) is 53.4 Å². The summed E-state index contributed by atoms with van der Waals surface area (Å²) in [7, 11) is -2.11. The number of nitrogens with zero attached hydrogens (tertiary/aromatic N) is 3. The number of benzene rings is 2. The summed E-state index contributed by atoms with van der Waals surface area (Å²) in [6.07, 6.45) is -0.192. The summed E-state index contributed by atoms with van der Waals surface area (Å²) in [5.41, 5.74) is 3.12. The third-order valence-corrected chi connectivity index (χ3v) is 7.49. The molecule has 1 aromatic heterocycles. The van der Waals surface area contributed by atoms with Gasteiger partial charge in [-0.15, -0.1) is 0 Å². The van der Waals surface area contributed by atoms with Crippen molar-refractivity contribution in [2.24, 2.45) is 0 Å². The van der Waals surface area contributed by atoms with E-state index >= 15 is 0 Å². The van der Waals surface area contributed by atoms with Crippen molar-refractivity contribution in [1.82, 2.24) is 14.1 Å². The fourth-order valence-corrected chi connectivity index (χ4v) is 4.84. The van der Waals surface area contributed by atoms with Gasteiger partial charge in [0.05, 0.1) is 23.6 Å². The summed E-state index contributed by atoms with van der Waals surface area (Å²) < 4.78 is 28.8. The van der Waals surface area contributed by atoms with Gasteiger partial charge in [-0.25, -0.2) is 12.7 Å². The Morgan fingerprint density at radius 3 is 2.42 bits per heavy atom. The van der Waals surface area contributed by atoms with Gasteiger partial charge in [0, 0.05) is 35.4 Å². The molecule has 9 heteroatoms. The number of hydrogen-bond donors (Lipinski definition) is 1. The highest BCUT2D eigenvalue weighted by molar-refractivity contribution is 7.89. The van der Waals surface area contributed by atoms with Crippen molar-refractivity contribution in [3.05, 3.63) is 70.4 Å². The first-order valence-electron chi connectivity index (χ1n) is 9.73. The lowest BCUT2D eigenvalue weighted by Gasteiger charge is -2.18. The van der Waals surface area contributed by atoms with Gasteiger partial charge in [0.1, 0.15) is 0 Å². The predicted octanol–water partition coefficient (Wildman–Crippen LogP) is 3.83. The second-order valence-corrected chi connectivity index (χ2v) is 9.62. The molecular formula is C22H24ClN3O4S. The largest absolute Gasteiger partial charge is 0.481 e. The summed E-state index contributed by atoms with van der Waals surface area (Å²) in [5.74, 6) is -0.967. The molecule has 1 heterocycles. The molecule has 0 bridgehead atoms. The molecule has 31 heavy (non-hydrogen) atoms. The smallest absolute Gasteiger partial charge is 0.307 e. The molecule has 0 saturated carbocycles. The van der Waals surface area contributed by atoms with Crippen LogP contribution in [0.4, 0.5) is 0 Å². The third kappa shape index (κ3) is 4.81. The molecule has 0 spiro atoms. The average Bonchev–Trinajstić information content (AvgIpc) is 3.03. The fraction of sp³-hybridized carbons (Fsp3) is 0.273. The van der Waals surface area contributed by atoms with E-state index in [1.807, 2.05) is 0 Å². The van der Waals surface area contributed by atoms with Crippen LogP contribution < -0.4 is 0 Å². The van der Waals surface area contributed by atoms with Crippen LogP contribution in [-0.4, -0.2) is 47.2 Å². The van der Waals surface area contributed by atoms with Crippen LogP contribution in [0.25, 0.3) is 11.3 Å². The zero-order chi connectivity index (χ0) is 22.8. The minimum Gasteiger partial charge on any atom is -0.481 e. The van der Waals surface area contributed by atoms with Gasteiger partial charge in [0.2, 0.25) is 10.0 Å². The summed E-state index contributed by atoms with van der Waals surface area (Å²) in [5, 5.41) is 14.6. The maximum atomic E-state index is 12.9. The lowest BCUT2D eigenvalue weighted by molar-refractivity contribution is -0.136. The zero-order valence-corrected chi connectivity index (χ0v) is 19.1. The first-order chi connectivity index (χ1) is 14.6. The lowest BCUT2D eigenvalue weighted by atomic mass is 10.0.